The Morgan fingerprint density at radius 3 is 2.06 bits per heavy atom. The van der Waals surface area contributed by atoms with Crippen LogP contribution in [0.25, 0.3) is 0 Å². The Hall–Kier alpha value is -1.52. The molecule has 0 amide bonds. The van der Waals surface area contributed by atoms with Crippen LogP contribution in [0.15, 0.2) is 24.3 Å². The van der Waals surface area contributed by atoms with E-state index in [0.29, 0.717) is 11.5 Å². The quantitative estimate of drug-likeness (QED) is 0.178. The fraction of sp³-hybridized carbons (Fsp3) is 0.714. The van der Waals surface area contributed by atoms with Gasteiger partial charge in [0.1, 0.15) is 0 Å². The molecule has 0 aromatic heterocycles. The second kappa shape index (κ2) is 13.4. The summed E-state index contributed by atoms with van der Waals surface area (Å²) in [6, 6.07) is 2.31. The molecule has 3 rings (SSSR count). The first-order chi connectivity index (χ1) is 16.0. The summed E-state index contributed by atoms with van der Waals surface area (Å²) in [6.07, 6.45) is 21.9. The minimum Gasteiger partial charge on any atom is -0.429 e. The van der Waals surface area contributed by atoms with E-state index >= 15 is 0 Å². The molecule has 1 aromatic rings. The first kappa shape index (κ1) is 26.1. The number of hydrogen-bond donors (Lipinski definition) is 0. The lowest BCUT2D eigenvalue weighted by molar-refractivity contribution is -0.0546. The second-order valence-electron chi connectivity index (χ2n) is 10.2. The minimum atomic E-state index is -3.24. The zero-order valence-corrected chi connectivity index (χ0v) is 20.0. The van der Waals surface area contributed by atoms with Crippen LogP contribution in [0.3, 0.4) is 0 Å². The standard InChI is InChI=1S/C28H40F4O/c1-2-3-4-7-20-10-12-21(13-11-20)8-5-6-9-22-14-16-23(17-15-22)24-18-25(29)27(26(30)19-24)33-28(31)32/h6,9,18-23,28H,2-5,7-8,10-17H2,1H3/b9-6+. The van der Waals surface area contributed by atoms with Crippen molar-refractivity contribution in [3.05, 3.63) is 41.5 Å². The largest absolute Gasteiger partial charge is 0.429 e. The molecular weight excluding hydrogens is 428 g/mol. The smallest absolute Gasteiger partial charge is 0.387 e. The van der Waals surface area contributed by atoms with Crippen LogP contribution in [-0.2, 0) is 0 Å². The summed E-state index contributed by atoms with van der Waals surface area (Å²) in [4.78, 5) is 0. The Labute approximate surface area is 197 Å². The van der Waals surface area contributed by atoms with Gasteiger partial charge in [-0.1, -0.05) is 70.4 Å². The van der Waals surface area contributed by atoms with Crippen molar-refractivity contribution in [1.29, 1.82) is 0 Å². The average molecular weight is 469 g/mol. The SMILES string of the molecule is CCCCCC1CCC(CC/C=C/C2CCC(c3cc(F)c(OC(F)F)c(F)c3)CC2)CC1. The first-order valence-corrected chi connectivity index (χ1v) is 13.1. The lowest BCUT2D eigenvalue weighted by Gasteiger charge is -2.28. The summed E-state index contributed by atoms with van der Waals surface area (Å²) in [5.74, 6) is -0.665. The lowest BCUT2D eigenvalue weighted by atomic mass is 9.77. The third-order valence-electron chi connectivity index (χ3n) is 7.80. The van der Waals surface area contributed by atoms with E-state index < -0.39 is 24.0 Å². The van der Waals surface area contributed by atoms with Crippen molar-refractivity contribution in [2.45, 2.75) is 109 Å². The van der Waals surface area contributed by atoms with Gasteiger partial charge in [0, 0.05) is 0 Å². The molecule has 2 aliphatic carbocycles. The van der Waals surface area contributed by atoms with Crippen LogP contribution in [0.4, 0.5) is 17.6 Å². The van der Waals surface area contributed by atoms with Crippen LogP contribution >= 0.6 is 0 Å². The van der Waals surface area contributed by atoms with E-state index in [4.69, 9.17) is 0 Å². The van der Waals surface area contributed by atoms with Gasteiger partial charge in [-0.3, -0.25) is 0 Å². The second-order valence-corrected chi connectivity index (χ2v) is 10.2. The van der Waals surface area contributed by atoms with E-state index in [-0.39, 0.29) is 5.92 Å². The highest BCUT2D eigenvalue weighted by molar-refractivity contribution is 5.33. The molecule has 2 aliphatic rings. The number of unbranched alkanes of at least 4 members (excludes halogenated alkanes) is 2. The molecule has 0 heterocycles. The van der Waals surface area contributed by atoms with Crippen molar-refractivity contribution in [3.8, 4) is 5.75 Å². The molecule has 2 saturated carbocycles. The normalized spacial score (nSPS) is 26.2. The van der Waals surface area contributed by atoms with Crippen LogP contribution in [0, 0.1) is 29.4 Å². The maximum atomic E-state index is 14.0. The highest BCUT2D eigenvalue weighted by Crippen LogP contribution is 2.39. The van der Waals surface area contributed by atoms with E-state index in [1.54, 1.807) is 0 Å². The maximum Gasteiger partial charge on any atom is 0.387 e. The molecule has 1 aromatic carbocycles. The van der Waals surface area contributed by atoms with Crippen molar-refractivity contribution < 1.29 is 22.3 Å². The van der Waals surface area contributed by atoms with Gasteiger partial charge in [-0.15, -0.1) is 0 Å². The predicted octanol–water partition coefficient (Wildman–Crippen LogP) is 9.56. The van der Waals surface area contributed by atoms with Crippen LogP contribution in [0.5, 0.6) is 5.75 Å². The number of halogens is 4. The topological polar surface area (TPSA) is 9.23 Å². The molecule has 0 aliphatic heterocycles. The summed E-state index contributed by atoms with van der Waals surface area (Å²) in [7, 11) is 0. The van der Waals surface area contributed by atoms with E-state index in [9.17, 15) is 17.6 Å². The highest BCUT2D eigenvalue weighted by Gasteiger charge is 2.25. The van der Waals surface area contributed by atoms with Gasteiger partial charge in [0.05, 0.1) is 0 Å². The molecular formula is C28H40F4O. The van der Waals surface area contributed by atoms with Gasteiger partial charge in [0.15, 0.2) is 17.4 Å². The van der Waals surface area contributed by atoms with Crippen molar-refractivity contribution in [3.63, 3.8) is 0 Å². The van der Waals surface area contributed by atoms with Gasteiger partial charge >= 0.3 is 6.61 Å². The van der Waals surface area contributed by atoms with E-state index in [1.807, 2.05) is 0 Å². The molecule has 5 heteroatoms. The van der Waals surface area contributed by atoms with Crippen LogP contribution in [0.1, 0.15) is 108 Å². The molecule has 0 bridgehead atoms. The van der Waals surface area contributed by atoms with Crippen LogP contribution in [-0.4, -0.2) is 6.61 Å². The number of allylic oxidation sites excluding steroid dienone is 2. The fourth-order valence-corrected chi connectivity index (χ4v) is 5.77. The molecule has 1 nitrogen and oxygen atoms in total. The Morgan fingerprint density at radius 2 is 1.48 bits per heavy atom. The number of rotatable bonds is 11. The summed E-state index contributed by atoms with van der Waals surface area (Å²) < 4.78 is 56.7. The minimum absolute atomic E-state index is 0.0618. The molecule has 0 atom stereocenters. The third-order valence-corrected chi connectivity index (χ3v) is 7.80. The molecule has 0 saturated heterocycles. The summed E-state index contributed by atoms with van der Waals surface area (Å²) in [5, 5.41) is 0. The van der Waals surface area contributed by atoms with Crippen molar-refractivity contribution in [2.24, 2.45) is 17.8 Å². The molecule has 2 fully saturated rings. The Morgan fingerprint density at radius 1 is 0.879 bits per heavy atom. The average Bonchev–Trinajstić information content (AvgIpc) is 2.80. The third kappa shape index (κ3) is 8.33. The predicted molar refractivity (Wildman–Crippen MR) is 126 cm³/mol. The Bertz CT molecular complexity index is 708. The van der Waals surface area contributed by atoms with Gasteiger partial charge < -0.3 is 4.74 Å². The molecule has 186 valence electrons. The number of alkyl halides is 2. The van der Waals surface area contributed by atoms with E-state index in [1.165, 1.54) is 57.8 Å². The van der Waals surface area contributed by atoms with Gasteiger partial charge in [0.25, 0.3) is 0 Å². The lowest BCUT2D eigenvalue weighted by Crippen LogP contribution is -2.14. The monoisotopic (exact) mass is 468 g/mol. The molecule has 0 unspecified atom stereocenters. The zero-order chi connectivity index (χ0) is 23.6. The van der Waals surface area contributed by atoms with Gasteiger partial charge in [-0.2, -0.15) is 8.78 Å². The number of benzene rings is 1. The molecule has 0 spiro atoms. The summed E-state index contributed by atoms with van der Waals surface area (Å²) in [6.45, 7) is -0.972. The fourth-order valence-electron chi connectivity index (χ4n) is 5.77. The van der Waals surface area contributed by atoms with Gasteiger partial charge in [0.2, 0.25) is 0 Å². The van der Waals surface area contributed by atoms with Crippen molar-refractivity contribution in [2.75, 3.05) is 0 Å². The summed E-state index contributed by atoms with van der Waals surface area (Å²) >= 11 is 0. The van der Waals surface area contributed by atoms with Crippen molar-refractivity contribution in [1.82, 2.24) is 0 Å². The highest BCUT2D eigenvalue weighted by atomic mass is 19.3. The molecule has 33 heavy (non-hydrogen) atoms. The Kier molecular flexibility index (Phi) is 10.6. The van der Waals surface area contributed by atoms with E-state index in [2.05, 4.69) is 23.8 Å². The summed E-state index contributed by atoms with van der Waals surface area (Å²) in [5.41, 5.74) is 0.541. The Balaban J connectivity index is 1.35. The maximum absolute atomic E-state index is 14.0. The number of ether oxygens (including phenoxy) is 1. The van der Waals surface area contributed by atoms with Crippen LogP contribution < -0.4 is 4.74 Å². The molecule has 0 N–H and O–H groups in total. The van der Waals surface area contributed by atoms with Crippen molar-refractivity contribution >= 4 is 0 Å². The molecule has 0 radical (unpaired) electrons. The van der Waals surface area contributed by atoms with Gasteiger partial charge in [-0.25, -0.2) is 8.78 Å². The van der Waals surface area contributed by atoms with Crippen LogP contribution in [0.2, 0.25) is 0 Å². The first-order valence-electron chi connectivity index (χ1n) is 13.1. The zero-order valence-electron chi connectivity index (χ0n) is 20.0. The van der Waals surface area contributed by atoms with Gasteiger partial charge in [-0.05, 0) is 79.9 Å². The number of hydrogen-bond acceptors (Lipinski definition) is 1. The van der Waals surface area contributed by atoms with E-state index in [0.717, 1.165) is 56.1 Å².